The Hall–Kier alpha value is -0.830. The summed E-state index contributed by atoms with van der Waals surface area (Å²) in [5, 5.41) is 0. The van der Waals surface area contributed by atoms with Crippen LogP contribution in [0.3, 0.4) is 0 Å². The van der Waals surface area contributed by atoms with Gasteiger partial charge in [0.1, 0.15) is 0 Å². The molecule has 0 heterocycles. The van der Waals surface area contributed by atoms with Crippen molar-refractivity contribution in [2.45, 2.75) is 45.4 Å². The van der Waals surface area contributed by atoms with Crippen molar-refractivity contribution in [3.05, 3.63) is 11.1 Å². The number of carbonyl (C=O) groups excluding carboxylic acids is 1. The molecule has 0 radical (unpaired) electrons. The average molecular weight is 211 g/mol. The molecule has 1 rings (SSSR count). The minimum absolute atomic E-state index is 0.153. The van der Waals surface area contributed by atoms with Gasteiger partial charge in [0, 0.05) is 5.57 Å². The third kappa shape index (κ3) is 3.67. The molecular formula is C12H21NO2. The normalized spacial score (nSPS) is 16.3. The fraction of sp³-hybridized carbons (Fsp3) is 0.750. The zero-order valence-electron chi connectivity index (χ0n) is 9.55. The quantitative estimate of drug-likeness (QED) is 0.572. The van der Waals surface area contributed by atoms with Crippen LogP contribution in [-0.4, -0.2) is 19.1 Å². The fourth-order valence-corrected chi connectivity index (χ4v) is 2.07. The highest BCUT2D eigenvalue weighted by molar-refractivity contribution is 5.89. The summed E-state index contributed by atoms with van der Waals surface area (Å²) in [7, 11) is 0. The summed E-state index contributed by atoms with van der Waals surface area (Å²) in [6.07, 6.45) is 6.43. The maximum Gasteiger partial charge on any atom is 0.333 e. The number of hydrogen-bond acceptors (Lipinski definition) is 3. The van der Waals surface area contributed by atoms with Crippen molar-refractivity contribution < 1.29 is 9.53 Å². The molecule has 3 heteroatoms. The SMILES string of the molecule is CCOC(=O)C(CCN)=C1CCCCC1. The van der Waals surface area contributed by atoms with Gasteiger partial charge in [-0.05, 0) is 45.6 Å². The molecule has 1 aliphatic rings. The molecule has 15 heavy (non-hydrogen) atoms. The maximum absolute atomic E-state index is 11.7. The standard InChI is InChI=1S/C12H21NO2/c1-2-15-12(14)11(8-9-13)10-6-4-3-5-7-10/h2-9,13H2,1H3. The molecule has 0 saturated heterocycles. The Kier molecular flexibility index (Phi) is 5.40. The first-order chi connectivity index (χ1) is 7.29. The molecule has 1 saturated carbocycles. The van der Waals surface area contributed by atoms with Crippen molar-refractivity contribution in [2.75, 3.05) is 13.2 Å². The van der Waals surface area contributed by atoms with Crippen LogP contribution in [-0.2, 0) is 9.53 Å². The highest BCUT2D eigenvalue weighted by Crippen LogP contribution is 2.27. The molecule has 0 bridgehead atoms. The van der Waals surface area contributed by atoms with Gasteiger partial charge in [0.25, 0.3) is 0 Å². The van der Waals surface area contributed by atoms with E-state index in [0.29, 0.717) is 19.6 Å². The van der Waals surface area contributed by atoms with E-state index in [2.05, 4.69) is 0 Å². The summed E-state index contributed by atoms with van der Waals surface area (Å²) < 4.78 is 5.06. The van der Waals surface area contributed by atoms with E-state index in [1.165, 1.54) is 24.8 Å². The van der Waals surface area contributed by atoms with E-state index >= 15 is 0 Å². The third-order valence-electron chi connectivity index (χ3n) is 2.80. The first-order valence-corrected chi connectivity index (χ1v) is 5.87. The Balaban J connectivity index is 2.73. The molecule has 0 amide bonds. The van der Waals surface area contributed by atoms with Crippen LogP contribution in [0.4, 0.5) is 0 Å². The van der Waals surface area contributed by atoms with Crippen molar-refractivity contribution in [3.8, 4) is 0 Å². The largest absolute Gasteiger partial charge is 0.463 e. The lowest BCUT2D eigenvalue weighted by Gasteiger charge is -2.18. The molecule has 0 unspecified atom stereocenters. The molecule has 3 nitrogen and oxygen atoms in total. The van der Waals surface area contributed by atoms with Crippen LogP contribution < -0.4 is 5.73 Å². The van der Waals surface area contributed by atoms with E-state index in [9.17, 15) is 4.79 Å². The fourth-order valence-electron chi connectivity index (χ4n) is 2.07. The summed E-state index contributed by atoms with van der Waals surface area (Å²) in [5.74, 6) is -0.153. The second-order valence-electron chi connectivity index (χ2n) is 3.90. The third-order valence-corrected chi connectivity index (χ3v) is 2.80. The van der Waals surface area contributed by atoms with Gasteiger partial charge in [-0.3, -0.25) is 0 Å². The van der Waals surface area contributed by atoms with E-state index < -0.39 is 0 Å². The molecule has 0 spiro atoms. The molecule has 1 aliphatic carbocycles. The number of hydrogen-bond donors (Lipinski definition) is 1. The number of carbonyl (C=O) groups is 1. The molecule has 0 aromatic rings. The van der Waals surface area contributed by atoms with Gasteiger partial charge in [0.05, 0.1) is 6.61 Å². The zero-order chi connectivity index (χ0) is 11.1. The van der Waals surface area contributed by atoms with Crippen LogP contribution in [0.1, 0.15) is 45.4 Å². The molecule has 0 aliphatic heterocycles. The lowest BCUT2D eigenvalue weighted by molar-refractivity contribution is -0.138. The van der Waals surface area contributed by atoms with E-state index in [1.54, 1.807) is 0 Å². The molecule has 0 aromatic carbocycles. The van der Waals surface area contributed by atoms with Gasteiger partial charge >= 0.3 is 5.97 Å². The van der Waals surface area contributed by atoms with Gasteiger partial charge in [-0.25, -0.2) is 4.79 Å². The summed E-state index contributed by atoms with van der Waals surface area (Å²) in [6, 6.07) is 0. The Morgan fingerprint density at radius 2 is 2.00 bits per heavy atom. The summed E-state index contributed by atoms with van der Waals surface area (Å²) in [6.45, 7) is 2.81. The minimum Gasteiger partial charge on any atom is -0.463 e. The molecule has 0 aromatic heterocycles. The number of rotatable bonds is 4. The van der Waals surface area contributed by atoms with Crippen molar-refractivity contribution >= 4 is 5.97 Å². The maximum atomic E-state index is 11.7. The number of nitrogens with two attached hydrogens (primary N) is 1. The van der Waals surface area contributed by atoms with E-state index in [-0.39, 0.29) is 5.97 Å². The Morgan fingerprint density at radius 1 is 1.33 bits per heavy atom. The van der Waals surface area contributed by atoms with E-state index in [4.69, 9.17) is 10.5 Å². The van der Waals surface area contributed by atoms with Gasteiger partial charge in [-0.15, -0.1) is 0 Å². The van der Waals surface area contributed by atoms with Gasteiger partial charge in [0.15, 0.2) is 0 Å². The van der Waals surface area contributed by atoms with Gasteiger partial charge in [0.2, 0.25) is 0 Å². The molecule has 2 N–H and O–H groups in total. The Bertz CT molecular complexity index is 238. The molecular weight excluding hydrogens is 190 g/mol. The van der Waals surface area contributed by atoms with Crippen LogP contribution in [0, 0.1) is 0 Å². The van der Waals surface area contributed by atoms with Crippen LogP contribution in [0.5, 0.6) is 0 Å². The number of ether oxygens (including phenoxy) is 1. The number of esters is 1. The highest BCUT2D eigenvalue weighted by Gasteiger charge is 2.17. The lowest BCUT2D eigenvalue weighted by atomic mass is 9.90. The summed E-state index contributed by atoms with van der Waals surface area (Å²) >= 11 is 0. The smallest absolute Gasteiger partial charge is 0.333 e. The lowest BCUT2D eigenvalue weighted by Crippen LogP contribution is -2.15. The second kappa shape index (κ2) is 6.62. The Labute approximate surface area is 91.7 Å². The van der Waals surface area contributed by atoms with Crippen molar-refractivity contribution in [1.29, 1.82) is 0 Å². The number of allylic oxidation sites excluding steroid dienone is 1. The minimum atomic E-state index is -0.153. The van der Waals surface area contributed by atoms with Gasteiger partial charge in [-0.1, -0.05) is 12.0 Å². The predicted molar refractivity (Wildman–Crippen MR) is 60.4 cm³/mol. The first-order valence-electron chi connectivity index (χ1n) is 5.87. The predicted octanol–water partition coefficient (Wildman–Crippen LogP) is 2.16. The molecule has 1 fully saturated rings. The summed E-state index contributed by atoms with van der Waals surface area (Å²) in [5.41, 5.74) is 7.66. The van der Waals surface area contributed by atoms with Crippen molar-refractivity contribution in [3.63, 3.8) is 0 Å². The second-order valence-corrected chi connectivity index (χ2v) is 3.90. The van der Waals surface area contributed by atoms with Gasteiger partial charge < -0.3 is 10.5 Å². The van der Waals surface area contributed by atoms with E-state index in [1.807, 2.05) is 6.92 Å². The zero-order valence-corrected chi connectivity index (χ0v) is 9.55. The van der Waals surface area contributed by atoms with Crippen LogP contribution in [0.25, 0.3) is 0 Å². The highest BCUT2D eigenvalue weighted by atomic mass is 16.5. The average Bonchev–Trinajstić information content (AvgIpc) is 2.27. The topological polar surface area (TPSA) is 52.3 Å². The monoisotopic (exact) mass is 211 g/mol. The van der Waals surface area contributed by atoms with Crippen LogP contribution in [0.2, 0.25) is 0 Å². The van der Waals surface area contributed by atoms with Crippen LogP contribution in [0.15, 0.2) is 11.1 Å². The first kappa shape index (κ1) is 12.2. The summed E-state index contributed by atoms with van der Waals surface area (Å²) in [4.78, 5) is 11.7. The van der Waals surface area contributed by atoms with E-state index in [0.717, 1.165) is 18.4 Å². The van der Waals surface area contributed by atoms with Crippen LogP contribution >= 0.6 is 0 Å². The van der Waals surface area contributed by atoms with Gasteiger partial charge in [-0.2, -0.15) is 0 Å². The van der Waals surface area contributed by atoms with Crippen molar-refractivity contribution in [2.24, 2.45) is 5.73 Å². The molecule has 0 atom stereocenters. The Morgan fingerprint density at radius 3 is 2.53 bits per heavy atom. The van der Waals surface area contributed by atoms with Crippen molar-refractivity contribution in [1.82, 2.24) is 0 Å². The molecule has 86 valence electrons.